The Labute approximate surface area is 163 Å². The highest BCUT2D eigenvalue weighted by Gasteiger charge is 2.22. The van der Waals surface area contributed by atoms with E-state index in [2.05, 4.69) is 17.1 Å². The molecule has 2 rings (SSSR count). The van der Waals surface area contributed by atoms with Gasteiger partial charge in [0.25, 0.3) is 0 Å². The monoisotopic (exact) mass is 381 g/mol. The van der Waals surface area contributed by atoms with Gasteiger partial charge in [-0.15, -0.1) is 6.58 Å². The van der Waals surface area contributed by atoms with Gasteiger partial charge in [-0.1, -0.05) is 41.6 Å². The third-order valence-electron chi connectivity index (χ3n) is 4.11. The van der Waals surface area contributed by atoms with Crippen molar-refractivity contribution in [2.24, 2.45) is 5.16 Å². The van der Waals surface area contributed by atoms with Crippen molar-refractivity contribution < 1.29 is 19.5 Å². The zero-order valence-electron chi connectivity index (χ0n) is 15.9. The predicted octanol–water partition coefficient (Wildman–Crippen LogP) is 3.82. The van der Waals surface area contributed by atoms with Crippen molar-refractivity contribution >= 4 is 29.1 Å². The molecule has 7 nitrogen and oxygen atoms in total. The zero-order valence-corrected chi connectivity index (χ0v) is 15.9. The third kappa shape index (κ3) is 5.20. The van der Waals surface area contributed by atoms with Crippen molar-refractivity contribution in [2.45, 2.75) is 13.3 Å². The first-order valence-corrected chi connectivity index (χ1v) is 8.63. The van der Waals surface area contributed by atoms with Gasteiger partial charge in [0.05, 0.1) is 12.8 Å². The summed E-state index contributed by atoms with van der Waals surface area (Å²) in [5.74, 6) is -0.534. The largest absolute Gasteiger partial charge is 0.468 e. The molecule has 28 heavy (non-hydrogen) atoms. The zero-order chi connectivity index (χ0) is 20.5. The topological polar surface area (TPSA) is 91.2 Å². The van der Waals surface area contributed by atoms with Gasteiger partial charge in [0.15, 0.2) is 0 Å². The number of urea groups is 1. The second kappa shape index (κ2) is 9.91. The van der Waals surface area contributed by atoms with Crippen molar-refractivity contribution in [2.75, 3.05) is 23.9 Å². The third-order valence-corrected chi connectivity index (χ3v) is 4.11. The summed E-state index contributed by atoms with van der Waals surface area (Å²) in [6.07, 6.45) is 2.28. The molecule has 0 atom stereocenters. The average Bonchev–Trinajstić information content (AvgIpc) is 2.72. The average molecular weight is 381 g/mol. The number of esters is 1. The predicted molar refractivity (Wildman–Crippen MR) is 109 cm³/mol. The number of hydrogen-bond acceptors (Lipinski definition) is 5. The van der Waals surface area contributed by atoms with E-state index in [0.717, 1.165) is 11.1 Å². The van der Waals surface area contributed by atoms with E-state index in [1.807, 2.05) is 12.1 Å². The Kier molecular flexibility index (Phi) is 7.33. The summed E-state index contributed by atoms with van der Waals surface area (Å²) in [6.45, 7) is 5.17. The Bertz CT molecular complexity index is 875. The second-order valence-corrected chi connectivity index (χ2v) is 5.98. The van der Waals surface area contributed by atoms with E-state index in [0.29, 0.717) is 23.5 Å². The number of anilines is 2. The van der Waals surface area contributed by atoms with E-state index >= 15 is 0 Å². The highest BCUT2D eigenvalue weighted by atomic mass is 16.5. The minimum absolute atomic E-state index is 0.231. The van der Waals surface area contributed by atoms with Gasteiger partial charge in [-0.2, -0.15) is 0 Å². The summed E-state index contributed by atoms with van der Waals surface area (Å²) in [7, 11) is 1.28. The molecule has 2 aromatic rings. The number of benzene rings is 2. The van der Waals surface area contributed by atoms with Crippen LogP contribution in [0.4, 0.5) is 16.2 Å². The number of para-hydroxylation sites is 1. The van der Waals surface area contributed by atoms with Gasteiger partial charge in [0.1, 0.15) is 6.54 Å². The van der Waals surface area contributed by atoms with Crippen molar-refractivity contribution in [1.29, 1.82) is 0 Å². The molecule has 2 amide bonds. The van der Waals surface area contributed by atoms with Gasteiger partial charge >= 0.3 is 12.0 Å². The molecule has 2 aromatic carbocycles. The molecule has 0 aliphatic carbocycles. The highest BCUT2D eigenvalue weighted by molar-refractivity contribution is 6.05. The number of rotatable bonds is 7. The summed E-state index contributed by atoms with van der Waals surface area (Å²) in [5.41, 5.74) is 3.19. The van der Waals surface area contributed by atoms with E-state index in [1.54, 1.807) is 49.4 Å². The summed E-state index contributed by atoms with van der Waals surface area (Å²) in [4.78, 5) is 26.1. The molecule has 7 heteroatoms. The molecule has 0 saturated carbocycles. The van der Waals surface area contributed by atoms with Crippen LogP contribution in [0.1, 0.15) is 18.1 Å². The van der Waals surface area contributed by atoms with E-state index < -0.39 is 12.0 Å². The van der Waals surface area contributed by atoms with Crippen LogP contribution in [-0.4, -0.2) is 36.6 Å². The maximum atomic E-state index is 12.9. The van der Waals surface area contributed by atoms with Crippen LogP contribution >= 0.6 is 0 Å². The Hall–Kier alpha value is -3.61. The van der Waals surface area contributed by atoms with Crippen LogP contribution in [0.2, 0.25) is 0 Å². The van der Waals surface area contributed by atoms with Gasteiger partial charge in [-0.25, -0.2) is 4.79 Å². The molecule has 0 unspecified atom stereocenters. The van der Waals surface area contributed by atoms with E-state index in [9.17, 15) is 9.59 Å². The van der Waals surface area contributed by atoms with Crippen LogP contribution < -0.4 is 10.2 Å². The first kappa shape index (κ1) is 20.7. The SMILES string of the molecule is C=CCc1ccccc1N(CC(=O)OC)C(=O)Nc1ccc(/C(C)=N/O)cc1. The van der Waals surface area contributed by atoms with Crippen LogP contribution in [-0.2, 0) is 16.0 Å². The molecule has 0 spiro atoms. The molecule has 0 aliphatic rings. The number of carbonyl (C=O) groups is 2. The number of hydrogen-bond donors (Lipinski definition) is 2. The molecule has 2 N–H and O–H groups in total. The van der Waals surface area contributed by atoms with E-state index in [1.165, 1.54) is 12.0 Å². The number of methoxy groups -OCH3 is 1. The lowest BCUT2D eigenvalue weighted by atomic mass is 10.1. The van der Waals surface area contributed by atoms with Crippen molar-refractivity contribution in [3.8, 4) is 0 Å². The Morgan fingerprint density at radius 2 is 1.89 bits per heavy atom. The standard InChI is InChI=1S/C21H23N3O4/c1-4-7-17-8-5-6-9-19(17)24(14-20(25)28-3)21(26)22-18-12-10-16(11-13-18)15(2)23-27/h4-6,8-13,27H,1,7,14H2,2-3H3,(H,22,26)/b23-15+. The summed E-state index contributed by atoms with van der Waals surface area (Å²) in [5, 5.41) is 14.8. The molecule has 0 aromatic heterocycles. The van der Waals surface area contributed by atoms with Crippen molar-refractivity contribution in [3.05, 3.63) is 72.3 Å². The summed E-state index contributed by atoms with van der Waals surface area (Å²) in [6, 6.07) is 13.7. The van der Waals surface area contributed by atoms with Crippen molar-refractivity contribution in [3.63, 3.8) is 0 Å². The second-order valence-electron chi connectivity index (χ2n) is 5.98. The van der Waals surface area contributed by atoms with Crippen LogP contribution in [0.15, 0.2) is 66.3 Å². The summed E-state index contributed by atoms with van der Waals surface area (Å²) < 4.78 is 4.74. The molecule has 0 fully saturated rings. The molecule has 146 valence electrons. The maximum Gasteiger partial charge on any atom is 0.326 e. The fourth-order valence-electron chi connectivity index (χ4n) is 2.61. The highest BCUT2D eigenvalue weighted by Crippen LogP contribution is 2.23. The Morgan fingerprint density at radius 1 is 1.21 bits per heavy atom. The Morgan fingerprint density at radius 3 is 2.50 bits per heavy atom. The molecule has 0 heterocycles. The fraction of sp³-hybridized carbons (Fsp3) is 0.190. The number of nitrogens with zero attached hydrogens (tertiary/aromatic N) is 2. The van der Waals surface area contributed by atoms with Gasteiger partial charge in [0, 0.05) is 11.4 Å². The van der Waals surface area contributed by atoms with Gasteiger partial charge in [0.2, 0.25) is 0 Å². The molecule has 0 aliphatic heterocycles. The number of nitrogens with one attached hydrogen (secondary N) is 1. The minimum atomic E-state index is -0.534. The lowest BCUT2D eigenvalue weighted by molar-refractivity contribution is -0.138. The van der Waals surface area contributed by atoms with Gasteiger partial charge in [-0.05, 0) is 42.7 Å². The molecular weight excluding hydrogens is 358 g/mol. The lowest BCUT2D eigenvalue weighted by Crippen LogP contribution is -2.40. The fourth-order valence-corrected chi connectivity index (χ4v) is 2.61. The molecule has 0 saturated heterocycles. The number of amides is 2. The van der Waals surface area contributed by atoms with E-state index in [4.69, 9.17) is 9.94 Å². The van der Waals surface area contributed by atoms with Crippen LogP contribution in [0.25, 0.3) is 0 Å². The maximum absolute atomic E-state index is 12.9. The van der Waals surface area contributed by atoms with Crippen molar-refractivity contribution in [1.82, 2.24) is 0 Å². The number of allylic oxidation sites excluding steroid dienone is 1. The number of ether oxygens (including phenoxy) is 1. The van der Waals surface area contributed by atoms with E-state index in [-0.39, 0.29) is 6.54 Å². The van der Waals surface area contributed by atoms with Gasteiger partial charge in [-0.3, -0.25) is 9.69 Å². The smallest absolute Gasteiger partial charge is 0.326 e. The van der Waals surface area contributed by atoms with Crippen LogP contribution in [0, 0.1) is 0 Å². The normalized spacial score (nSPS) is 10.9. The minimum Gasteiger partial charge on any atom is -0.468 e. The quantitative estimate of drug-likeness (QED) is 0.251. The number of carbonyl (C=O) groups excluding carboxylic acids is 2. The first-order chi connectivity index (χ1) is 13.5. The van der Waals surface area contributed by atoms with Gasteiger partial charge < -0.3 is 15.3 Å². The summed E-state index contributed by atoms with van der Waals surface area (Å²) >= 11 is 0. The molecule has 0 bridgehead atoms. The lowest BCUT2D eigenvalue weighted by Gasteiger charge is -2.24. The van der Waals surface area contributed by atoms with Crippen LogP contribution in [0.3, 0.4) is 0 Å². The number of oxime groups is 1. The molecule has 0 radical (unpaired) electrons. The Balaban J connectivity index is 2.29. The van der Waals surface area contributed by atoms with Crippen LogP contribution in [0.5, 0.6) is 0 Å². The first-order valence-electron chi connectivity index (χ1n) is 8.63. The molecular formula is C21H23N3O4.